The number of likely N-dealkylation sites (N-methyl/N-ethyl adjacent to an activating group) is 1. The van der Waals surface area contributed by atoms with Gasteiger partial charge in [0.15, 0.2) is 0 Å². The molecule has 0 saturated heterocycles. The van der Waals surface area contributed by atoms with Gasteiger partial charge in [0.05, 0.1) is 0 Å². The molecular formula is C25H25AsFN2O5S2. The van der Waals surface area contributed by atoms with E-state index >= 15 is 0 Å². The zero-order chi connectivity index (χ0) is 25.9. The molecule has 0 saturated carbocycles. The fourth-order valence-electron chi connectivity index (χ4n) is 3.88. The van der Waals surface area contributed by atoms with Crippen molar-refractivity contribution in [2.75, 3.05) is 26.7 Å². The van der Waals surface area contributed by atoms with Crippen molar-refractivity contribution in [2.24, 2.45) is 0 Å². The normalized spacial score (nSPS) is 13.2. The van der Waals surface area contributed by atoms with Gasteiger partial charge in [-0.1, -0.05) is 0 Å². The summed E-state index contributed by atoms with van der Waals surface area (Å²) in [5.74, 6) is -0.885. The fourth-order valence-corrected chi connectivity index (χ4v) is 10.6. The first-order valence-electron chi connectivity index (χ1n) is 11.3. The molecule has 1 aliphatic rings. The van der Waals surface area contributed by atoms with Gasteiger partial charge in [0.25, 0.3) is 0 Å². The molecule has 36 heavy (non-hydrogen) atoms. The number of esters is 1. The average molecular weight is 592 g/mol. The van der Waals surface area contributed by atoms with Crippen LogP contribution in [0.5, 0.6) is 5.75 Å². The molecule has 0 atom stereocenters. The zero-order valence-corrected chi connectivity index (χ0v) is 23.5. The van der Waals surface area contributed by atoms with E-state index in [1.807, 2.05) is 19.9 Å². The van der Waals surface area contributed by atoms with Gasteiger partial charge in [-0.3, -0.25) is 0 Å². The van der Waals surface area contributed by atoms with E-state index in [2.05, 4.69) is 9.27 Å². The summed E-state index contributed by atoms with van der Waals surface area (Å²) in [6.45, 7) is 6.62. The third kappa shape index (κ3) is 5.42. The maximum atomic E-state index is 14.1. The Bertz CT molecular complexity index is 1420. The Morgan fingerprint density at radius 1 is 1.28 bits per heavy atom. The van der Waals surface area contributed by atoms with Crippen molar-refractivity contribution in [1.82, 2.24) is 9.27 Å². The summed E-state index contributed by atoms with van der Waals surface area (Å²) in [5, 5.41) is 0. The van der Waals surface area contributed by atoms with Crippen LogP contribution in [-0.2, 0) is 19.4 Å². The zero-order valence-electron chi connectivity index (χ0n) is 20.0. The van der Waals surface area contributed by atoms with Gasteiger partial charge in [0, 0.05) is 0 Å². The van der Waals surface area contributed by atoms with Crippen LogP contribution in [0.2, 0.25) is 0 Å². The number of hydrogen-bond acceptors (Lipinski definition) is 8. The standard InChI is InChI=1S/C25H25AsFN2O5S2/c1-4-29(5-2)12-6-7-16-13-18(27)8-11-21(16)36(31,32)26-20-10-9-19-23(22(20)25(30)33-3)34-15-17-14-28-35-24(17)19/h6-11,13-14H,4-5,12,15H2,1-3H3/b7-6-. The molecule has 0 unspecified atom stereocenters. The number of rotatable bonds is 9. The Morgan fingerprint density at radius 2 is 2.06 bits per heavy atom. The number of ether oxygens (including phenoxy) is 2. The number of benzene rings is 2. The molecule has 3 aromatic rings. The van der Waals surface area contributed by atoms with E-state index in [9.17, 15) is 17.6 Å². The monoisotopic (exact) mass is 591 g/mol. The van der Waals surface area contributed by atoms with Crippen LogP contribution < -0.4 is 9.09 Å². The molecule has 0 bridgehead atoms. The Morgan fingerprint density at radius 3 is 2.78 bits per heavy atom. The predicted octanol–water partition coefficient (Wildman–Crippen LogP) is 3.70. The molecule has 0 N–H and O–H groups in total. The van der Waals surface area contributed by atoms with E-state index in [0.29, 0.717) is 22.2 Å². The number of carbonyl (C=O) groups excluding carboxylic acids is 1. The second-order valence-corrected chi connectivity index (χ2v) is 15.5. The van der Waals surface area contributed by atoms with Gasteiger partial charge in [-0.25, -0.2) is 0 Å². The van der Waals surface area contributed by atoms with Crippen molar-refractivity contribution >= 4 is 50.6 Å². The molecular weight excluding hydrogens is 566 g/mol. The molecule has 1 radical (unpaired) electrons. The van der Waals surface area contributed by atoms with Crippen LogP contribution in [0.1, 0.15) is 35.3 Å². The van der Waals surface area contributed by atoms with Crippen LogP contribution in [-0.4, -0.2) is 65.0 Å². The van der Waals surface area contributed by atoms with E-state index in [-0.39, 0.29) is 22.6 Å². The molecule has 189 valence electrons. The van der Waals surface area contributed by atoms with E-state index in [1.54, 1.807) is 24.4 Å². The summed E-state index contributed by atoms with van der Waals surface area (Å²) >= 11 is -0.301. The summed E-state index contributed by atoms with van der Waals surface area (Å²) in [5.41, 5.74) is 1.98. The topological polar surface area (TPSA) is 85.8 Å². The average Bonchev–Trinajstić information content (AvgIpc) is 3.35. The van der Waals surface area contributed by atoms with E-state index in [1.165, 1.54) is 30.8 Å². The second kappa shape index (κ2) is 11.3. The minimum absolute atomic E-state index is 0.0268. The molecule has 0 amide bonds. The first-order chi connectivity index (χ1) is 17.3. The van der Waals surface area contributed by atoms with E-state index < -0.39 is 34.5 Å². The van der Waals surface area contributed by atoms with Crippen molar-refractivity contribution in [3.05, 3.63) is 65.1 Å². The maximum absolute atomic E-state index is 14.1. The van der Waals surface area contributed by atoms with Crippen LogP contribution in [0, 0.1) is 5.82 Å². The number of hydrogen-bond donors (Lipinski definition) is 0. The summed E-state index contributed by atoms with van der Waals surface area (Å²) < 4.78 is 56.7. The number of carbonyl (C=O) groups is 1. The van der Waals surface area contributed by atoms with Crippen LogP contribution >= 0.6 is 11.5 Å². The van der Waals surface area contributed by atoms with Gasteiger partial charge in [-0.05, 0) is 0 Å². The Kier molecular flexibility index (Phi) is 8.30. The molecule has 2 aromatic carbocycles. The number of nitrogens with zero attached hydrogens (tertiary/aromatic N) is 2. The molecule has 0 aliphatic carbocycles. The van der Waals surface area contributed by atoms with Crippen molar-refractivity contribution in [1.29, 1.82) is 0 Å². The summed E-state index contributed by atoms with van der Waals surface area (Å²) in [6, 6.07) is 7.04. The Balaban J connectivity index is 1.73. The first-order valence-corrected chi connectivity index (χ1v) is 16.7. The molecule has 7 nitrogen and oxygen atoms in total. The SMILES string of the molecule is CCN(CC)C/C=C\c1cc(F)ccc1S(=O)(=O)[As]c1ccc2c(c1C(=O)OC)OCc1cnsc1-2. The molecule has 4 rings (SSSR count). The molecule has 0 fully saturated rings. The molecule has 11 heteroatoms. The molecule has 1 aliphatic heterocycles. The van der Waals surface area contributed by atoms with Crippen LogP contribution in [0.4, 0.5) is 4.39 Å². The van der Waals surface area contributed by atoms with Crippen LogP contribution in [0.15, 0.2) is 47.5 Å². The third-order valence-corrected chi connectivity index (χ3v) is 12.8. The number of methoxy groups -OCH3 is 1. The van der Waals surface area contributed by atoms with Crippen LogP contribution in [0.25, 0.3) is 16.5 Å². The summed E-state index contributed by atoms with van der Waals surface area (Å²) in [7, 11) is -2.63. The summed E-state index contributed by atoms with van der Waals surface area (Å²) in [6.07, 6.45) is 5.18. The quantitative estimate of drug-likeness (QED) is 0.277. The van der Waals surface area contributed by atoms with Gasteiger partial charge >= 0.3 is 220 Å². The Labute approximate surface area is 219 Å². The molecule has 1 aromatic heterocycles. The van der Waals surface area contributed by atoms with Gasteiger partial charge in [-0.2, -0.15) is 0 Å². The van der Waals surface area contributed by atoms with Gasteiger partial charge in [0.2, 0.25) is 0 Å². The number of fused-ring (bicyclic) bond motifs is 3. The predicted molar refractivity (Wildman–Crippen MR) is 139 cm³/mol. The van der Waals surface area contributed by atoms with Gasteiger partial charge < -0.3 is 0 Å². The van der Waals surface area contributed by atoms with Crippen molar-refractivity contribution in [3.8, 4) is 16.2 Å². The van der Waals surface area contributed by atoms with E-state index in [0.717, 1.165) is 29.6 Å². The van der Waals surface area contributed by atoms with Crippen molar-refractivity contribution in [3.63, 3.8) is 0 Å². The molecule has 2 heterocycles. The van der Waals surface area contributed by atoms with Crippen molar-refractivity contribution in [2.45, 2.75) is 25.3 Å². The minimum atomic E-state index is -3.87. The number of halogens is 1. The first kappa shape index (κ1) is 26.5. The number of aromatic nitrogens is 1. The second-order valence-electron chi connectivity index (χ2n) is 7.93. The van der Waals surface area contributed by atoms with E-state index in [4.69, 9.17) is 9.47 Å². The molecule has 0 spiro atoms. The summed E-state index contributed by atoms with van der Waals surface area (Å²) in [4.78, 5) is 15.9. The van der Waals surface area contributed by atoms with Crippen LogP contribution in [0.3, 0.4) is 0 Å². The van der Waals surface area contributed by atoms with Gasteiger partial charge in [0.1, 0.15) is 0 Å². The Hall–Kier alpha value is -2.52. The fraction of sp³-hybridized carbons (Fsp3) is 0.280. The van der Waals surface area contributed by atoms with Crippen molar-refractivity contribution < 1.29 is 27.1 Å². The van der Waals surface area contributed by atoms with Gasteiger partial charge in [-0.15, -0.1) is 0 Å². The third-order valence-electron chi connectivity index (χ3n) is 5.81.